The van der Waals surface area contributed by atoms with Gasteiger partial charge in [0.15, 0.2) is 5.82 Å². The Bertz CT molecular complexity index is 1390. The van der Waals surface area contributed by atoms with Crippen molar-refractivity contribution in [3.8, 4) is 11.4 Å². The first-order valence-corrected chi connectivity index (χ1v) is 10.8. The molecule has 0 fully saturated rings. The summed E-state index contributed by atoms with van der Waals surface area (Å²) < 4.78 is 0.744. The zero-order valence-electron chi connectivity index (χ0n) is 17.6. The number of aryl methyl sites for hydroxylation is 1. The number of hydrogen-bond donors (Lipinski definition) is 5. The second-order valence-corrected chi connectivity index (χ2v) is 8.60. The van der Waals surface area contributed by atoms with Crippen molar-refractivity contribution in [3.05, 3.63) is 70.2 Å². The Hall–Kier alpha value is -3.80. The van der Waals surface area contributed by atoms with Crippen molar-refractivity contribution in [3.63, 3.8) is 0 Å². The van der Waals surface area contributed by atoms with Crippen LogP contribution in [0.5, 0.6) is 0 Å². The van der Waals surface area contributed by atoms with E-state index in [0.29, 0.717) is 16.9 Å². The van der Waals surface area contributed by atoms with E-state index in [9.17, 15) is 19.6 Å². The molecule has 0 bridgehead atoms. The van der Waals surface area contributed by atoms with E-state index < -0.39 is 18.9 Å². The van der Waals surface area contributed by atoms with Gasteiger partial charge in [-0.15, -0.1) is 11.3 Å². The molecule has 0 atom stereocenters. The largest absolute Gasteiger partial charge is 0.488 e. The topological polar surface area (TPSA) is 164 Å². The van der Waals surface area contributed by atoms with Crippen molar-refractivity contribution >= 4 is 51.6 Å². The molecule has 0 aliphatic heterocycles. The maximum Gasteiger partial charge on any atom is 0.488 e. The third-order valence-corrected chi connectivity index (χ3v) is 6.30. The molecule has 0 spiro atoms. The van der Waals surface area contributed by atoms with Gasteiger partial charge in [0.25, 0.3) is 5.91 Å². The van der Waals surface area contributed by atoms with Crippen molar-refractivity contribution < 1.29 is 19.6 Å². The fourth-order valence-electron chi connectivity index (χ4n) is 3.58. The van der Waals surface area contributed by atoms with Crippen LogP contribution in [0.3, 0.4) is 0 Å². The number of nitrogens with two attached hydrogens (primary N) is 2. The van der Waals surface area contributed by atoms with Gasteiger partial charge in [-0.1, -0.05) is 36.4 Å². The van der Waals surface area contributed by atoms with Crippen molar-refractivity contribution in [1.29, 1.82) is 0 Å². The molecule has 2 aromatic carbocycles. The third kappa shape index (κ3) is 4.42. The fourth-order valence-corrected chi connectivity index (χ4v) is 4.74. The summed E-state index contributed by atoms with van der Waals surface area (Å²) in [6, 6.07) is 12.0. The van der Waals surface area contributed by atoms with Crippen molar-refractivity contribution in [2.75, 3.05) is 5.32 Å². The molecule has 166 valence electrons. The number of thiophene rings is 1. The second-order valence-electron chi connectivity index (χ2n) is 7.37. The number of primary amides is 2. The summed E-state index contributed by atoms with van der Waals surface area (Å²) in [6.07, 6.45) is 1.36. The summed E-state index contributed by atoms with van der Waals surface area (Å²) in [5, 5.41) is 22.6. The van der Waals surface area contributed by atoms with Crippen molar-refractivity contribution in [1.82, 2.24) is 9.97 Å². The SMILES string of the molecule is Cc1sc2c(C(N)=O)cccc2c1-c1ncc(C(N)=O)c(NCc2cccc(B(O)O)c2)n1. The molecule has 11 heteroatoms. The number of nitrogens with zero attached hydrogens (tertiary/aromatic N) is 2. The number of hydrogen-bond acceptors (Lipinski definition) is 8. The summed E-state index contributed by atoms with van der Waals surface area (Å²) in [5.41, 5.74) is 13.4. The number of anilines is 1. The van der Waals surface area contributed by atoms with Crippen LogP contribution in [-0.2, 0) is 6.54 Å². The molecule has 0 saturated carbocycles. The first kappa shape index (κ1) is 22.4. The average molecular weight is 461 g/mol. The molecule has 0 radical (unpaired) electrons. The van der Waals surface area contributed by atoms with Crippen LogP contribution in [-0.4, -0.2) is 38.9 Å². The molecule has 9 nitrogen and oxygen atoms in total. The summed E-state index contributed by atoms with van der Waals surface area (Å²) >= 11 is 1.42. The lowest BCUT2D eigenvalue weighted by atomic mass is 9.80. The Balaban J connectivity index is 1.75. The van der Waals surface area contributed by atoms with Crippen molar-refractivity contribution in [2.45, 2.75) is 13.5 Å². The van der Waals surface area contributed by atoms with Crippen LogP contribution >= 0.6 is 11.3 Å². The maximum atomic E-state index is 12.0. The predicted molar refractivity (Wildman–Crippen MR) is 128 cm³/mol. The van der Waals surface area contributed by atoms with E-state index in [1.807, 2.05) is 13.0 Å². The highest BCUT2D eigenvalue weighted by molar-refractivity contribution is 7.20. The van der Waals surface area contributed by atoms with Crippen LogP contribution in [0, 0.1) is 6.92 Å². The standard InChI is InChI=1S/C22H20BN5O4S/c1-11-17(14-6-3-7-15(19(24)29)18(14)33-11)22-27-10-16(20(25)30)21(28-22)26-9-12-4-2-5-13(8-12)23(31)32/h2-8,10,31-32H,9H2,1H3,(H2,24,29)(H2,25,30)(H,26,27,28). The Morgan fingerprint density at radius 3 is 2.52 bits per heavy atom. The van der Waals surface area contributed by atoms with Gasteiger partial charge >= 0.3 is 7.12 Å². The number of amides is 2. The smallest absolute Gasteiger partial charge is 0.423 e. The zero-order chi connectivity index (χ0) is 23.7. The van der Waals surface area contributed by atoms with E-state index in [1.54, 1.807) is 36.4 Å². The number of fused-ring (bicyclic) bond motifs is 1. The number of aromatic nitrogens is 2. The van der Waals surface area contributed by atoms with Crippen LogP contribution < -0.4 is 22.2 Å². The first-order chi connectivity index (χ1) is 15.8. The molecular weight excluding hydrogens is 441 g/mol. The quantitative estimate of drug-likeness (QED) is 0.258. The highest BCUT2D eigenvalue weighted by Crippen LogP contribution is 2.38. The van der Waals surface area contributed by atoms with Crippen LogP contribution in [0.25, 0.3) is 21.5 Å². The Morgan fingerprint density at radius 1 is 1.09 bits per heavy atom. The molecular formula is C22H20BN5O4S. The van der Waals surface area contributed by atoms with Gasteiger partial charge in [0.2, 0.25) is 5.91 Å². The molecule has 2 aromatic heterocycles. The minimum absolute atomic E-state index is 0.118. The average Bonchev–Trinajstić information content (AvgIpc) is 3.13. The summed E-state index contributed by atoms with van der Waals surface area (Å²) in [7, 11) is -1.59. The molecule has 4 aromatic rings. The Labute approximate surface area is 193 Å². The molecule has 0 unspecified atom stereocenters. The Morgan fingerprint density at radius 2 is 1.82 bits per heavy atom. The highest BCUT2D eigenvalue weighted by Gasteiger charge is 2.20. The molecule has 0 saturated heterocycles. The molecule has 2 heterocycles. The minimum Gasteiger partial charge on any atom is -0.423 e. The van der Waals surface area contributed by atoms with Gasteiger partial charge in [-0.25, -0.2) is 9.97 Å². The summed E-state index contributed by atoms with van der Waals surface area (Å²) in [4.78, 5) is 33.6. The monoisotopic (exact) mass is 461 g/mol. The van der Waals surface area contributed by atoms with E-state index in [0.717, 1.165) is 26.1 Å². The van der Waals surface area contributed by atoms with Gasteiger partial charge < -0.3 is 26.8 Å². The van der Waals surface area contributed by atoms with Crippen LogP contribution in [0.15, 0.2) is 48.7 Å². The number of nitrogens with one attached hydrogen (secondary N) is 1. The lowest BCUT2D eigenvalue weighted by molar-refractivity contribution is 0.0992. The lowest BCUT2D eigenvalue weighted by Crippen LogP contribution is -2.30. The maximum absolute atomic E-state index is 12.0. The van der Waals surface area contributed by atoms with E-state index in [2.05, 4.69) is 15.3 Å². The van der Waals surface area contributed by atoms with Gasteiger partial charge in [0.1, 0.15) is 5.82 Å². The second kappa shape index (κ2) is 8.98. The number of carbonyl (C=O) groups excluding carboxylic acids is 2. The van der Waals surface area contributed by atoms with E-state index in [-0.39, 0.29) is 17.9 Å². The van der Waals surface area contributed by atoms with Crippen molar-refractivity contribution in [2.24, 2.45) is 11.5 Å². The van der Waals surface area contributed by atoms with Crippen LogP contribution in [0.1, 0.15) is 31.2 Å². The molecule has 0 aliphatic rings. The number of rotatable bonds is 7. The summed E-state index contributed by atoms with van der Waals surface area (Å²) in [6.45, 7) is 2.15. The van der Waals surface area contributed by atoms with E-state index in [1.165, 1.54) is 17.5 Å². The van der Waals surface area contributed by atoms with Gasteiger partial charge in [0.05, 0.1) is 11.1 Å². The molecule has 0 aliphatic carbocycles. The van der Waals surface area contributed by atoms with Gasteiger partial charge in [0, 0.05) is 33.3 Å². The van der Waals surface area contributed by atoms with Gasteiger partial charge in [-0.3, -0.25) is 9.59 Å². The van der Waals surface area contributed by atoms with Crippen LogP contribution in [0.4, 0.5) is 5.82 Å². The molecule has 33 heavy (non-hydrogen) atoms. The minimum atomic E-state index is -1.59. The molecule has 2 amide bonds. The molecule has 4 rings (SSSR count). The highest BCUT2D eigenvalue weighted by atomic mass is 32.1. The first-order valence-electron chi connectivity index (χ1n) is 9.94. The molecule has 7 N–H and O–H groups in total. The van der Waals surface area contributed by atoms with E-state index in [4.69, 9.17) is 11.5 Å². The number of benzene rings is 2. The Kier molecular flexibility index (Phi) is 6.10. The van der Waals surface area contributed by atoms with Gasteiger partial charge in [-0.2, -0.15) is 0 Å². The lowest BCUT2D eigenvalue weighted by Gasteiger charge is -2.12. The van der Waals surface area contributed by atoms with Crippen LogP contribution in [0.2, 0.25) is 0 Å². The van der Waals surface area contributed by atoms with E-state index >= 15 is 0 Å². The predicted octanol–water partition coefficient (Wildman–Crippen LogP) is 1.16. The summed E-state index contributed by atoms with van der Waals surface area (Å²) in [5.74, 6) is -0.595. The number of carbonyl (C=O) groups is 2. The van der Waals surface area contributed by atoms with Gasteiger partial charge in [-0.05, 0) is 24.0 Å². The normalized spacial score (nSPS) is 10.9. The third-order valence-electron chi connectivity index (χ3n) is 5.14. The fraction of sp³-hybridized carbons (Fsp3) is 0.0909. The zero-order valence-corrected chi connectivity index (χ0v) is 18.4.